The summed E-state index contributed by atoms with van der Waals surface area (Å²) in [4.78, 5) is 44.1. The lowest BCUT2D eigenvalue weighted by Crippen LogP contribution is -2.48. The van der Waals surface area contributed by atoms with Gasteiger partial charge in [0.1, 0.15) is 0 Å². The van der Waals surface area contributed by atoms with E-state index in [1.54, 1.807) is 12.1 Å². The first-order valence-corrected chi connectivity index (χ1v) is 8.07. The van der Waals surface area contributed by atoms with Crippen molar-refractivity contribution in [2.45, 2.75) is 0 Å². The van der Waals surface area contributed by atoms with Crippen molar-refractivity contribution in [2.75, 3.05) is 0 Å². The van der Waals surface area contributed by atoms with Gasteiger partial charge in [0.2, 0.25) is 0 Å². The van der Waals surface area contributed by atoms with Gasteiger partial charge in [0.05, 0.1) is 21.5 Å². The van der Waals surface area contributed by atoms with Gasteiger partial charge in [0.25, 0.3) is 23.2 Å². The molecular formula is C15H10ClN5O6S. The van der Waals surface area contributed by atoms with Crippen LogP contribution in [0.5, 0.6) is 0 Å². The number of non-ortho nitro benzene ring substituents is 2. The number of nitrogens with one attached hydrogen (secondary N) is 3. The van der Waals surface area contributed by atoms with Crippen molar-refractivity contribution in [3.8, 4) is 0 Å². The number of rotatable bonds is 4. The van der Waals surface area contributed by atoms with Crippen LogP contribution in [0.4, 0.5) is 11.4 Å². The van der Waals surface area contributed by atoms with E-state index in [4.69, 9.17) is 23.8 Å². The fraction of sp³-hybridized carbons (Fsp3) is 0. The van der Waals surface area contributed by atoms with Gasteiger partial charge in [-0.1, -0.05) is 17.7 Å². The van der Waals surface area contributed by atoms with Crippen LogP contribution < -0.4 is 16.2 Å². The second-order valence-electron chi connectivity index (χ2n) is 5.13. The molecule has 2 amide bonds. The molecule has 11 nitrogen and oxygen atoms in total. The van der Waals surface area contributed by atoms with Crippen molar-refractivity contribution in [1.29, 1.82) is 0 Å². The Hall–Kier alpha value is -3.64. The van der Waals surface area contributed by atoms with Gasteiger partial charge in [-0.25, -0.2) is 0 Å². The summed E-state index contributed by atoms with van der Waals surface area (Å²) in [7, 11) is 0. The minimum atomic E-state index is -0.943. The molecular weight excluding hydrogens is 414 g/mol. The van der Waals surface area contributed by atoms with Crippen LogP contribution in [0.3, 0.4) is 0 Å². The SMILES string of the molecule is O=C(NNC(=S)NC(=O)c1cc([N+](=O)[O-])cc([N+](=O)[O-])c1)c1cccc(Cl)c1. The summed E-state index contributed by atoms with van der Waals surface area (Å²) in [6.45, 7) is 0. The van der Waals surface area contributed by atoms with Gasteiger partial charge in [0.15, 0.2) is 5.11 Å². The van der Waals surface area contributed by atoms with Crippen LogP contribution in [0.15, 0.2) is 42.5 Å². The number of nitro benzene ring substituents is 2. The zero-order valence-electron chi connectivity index (χ0n) is 13.7. The molecule has 0 aliphatic rings. The van der Waals surface area contributed by atoms with Gasteiger partial charge in [-0.15, -0.1) is 0 Å². The smallest absolute Gasteiger partial charge is 0.277 e. The molecule has 0 bridgehead atoms. The summed E-state index contributed by atoms with van der Waals surface area (Å²) in [6, 6.07) is 8.47. The summed E-state index contributed by atoms with van der Waals surface area (Å²) < 4.78 is 0. The number of benzene rings is 2. The second-order valence-corrected chi connectivity index (χ2v) is 5.97. The Morgan fingerprint density at radius 1 is 0.893 bits per heavy atom. The Morgan fingerprint density at radius 3 is 2.04 bits per heavy atom. The van der Waals surface area contributed by atoms with E-state index < -0.39 is 33.0 Å². The molecule has 3 N–H and O–H groups in total. The maximum atomic E-state index is 12.2. The number of carbonyl (C=O) groups is 2. The first-order chi connectivity index (χ1) is 13.2. The van der Waals surface area contributed by atoms with Crippen LogP contribution in [0.25, 0.3) is 0 Å². The van der Waals surface area contributed by atoms with Crippen LogP contribution in [-0.4, -0.2) is 26.8 Å². The first kappa shape index (κ1) is 20.7. The molecule has 13 heteroatoms. The van der Waals surface area contributed by atoms with Crippen LogP contribution in [0, 0.1) is 20.2 Å². The summed E-state index contributed by atoms with van der Waals surface area (Å²) in [5, 5.41) is 23.9. The van der Waals surface area contributed by atoms with Crippen molar-refractivity contribution < 1.29 is 19.4 Å². The van der Waals surface area contributed by atoms with E-state index in [-0.39, 0.29) is 16.2 Å². The summed E-state index contributed by atoms with van der Waals surface area (Å²) >= 11 is 10.6. The van der Waals surface area contributed by atoms with Crippen molar-refractivity contribution >= 4 is 52.1 Å². The Kier molecular flexibility index (Phi) is 6.52. The number of halogens is 1. The van der Waals surface area contributed by atoms with Crippen LogP contribution >= 0.6 is 23.8 Å². The maximum absolute atomic E-state index is 12.2. The van der Waals surface area contributed by atoms with Crippen molar-refractivity contribution in [3.63, 3.8) is 0 Å². The average Bonchev–Trinajstić information content (AvgIpc) is 2.65. The van der Waals surface area contributed by atoms with Gasteiger partial charge in [-0.05, 0) is 30.4 Å². The highest BCUT2D eigenvalue weighted by molar-refractivity contribution is 7.80. The quantitative estimate of drug-likeness (QED) is 0.383. The molecule has 0 heterocycles. The third-order valence-electron chi connectivity index (χ3n) is 3.19. The molecule has 0 spiro atoms. The average molecular weight is 424 g/mol. The number of nitrogens with zero attached hydrogens (tertiary/aromatic N) is 2. The molecule has 0 aliphatic heterocycles. The molecule has 0 radical (unpaired) electrons. The van der Waals surface area contributed by atoms with E-state index >= 15 is 0 Å². The lowest BCUT2D eigenvalue weighted by molar-refractivity contribution is -0.394. The Bertz CT molecular complexity index is 966. The van der Waals surface area contributed by atoms with E-state index in [2.05, 4.69) is 16.2 Å². The van der Waals surface area contributed by atoms with E-state index in [1.165, 1.54) is 12.1 Å². The van der Waals surface area contributed by atoms with E-state index in [9.17, 15) is 29.8 Å². The molecule has 0 saturated carbocycles. The summed E-state index contributed by atoms with van der Waals surface area (Å²) in [5.41, 5.74) is 3.09. The number of hydrazine groups is 1. The van der Waals surface area contributed by atoms with Crippen LogP contribution in [-0.2, 0) is 0 Å². The molecule has 144 valence electrons. The lowest BCUT2D eigenvalue weighted by atomic mass is 10.1. The summed E-state index contributed by atoms with van der Waals surface area (Å²) in [6.07, 6.45) is 0. The van der Waals surface area contributed by atoms with Gasteiger partial charge in [0, 0.05) is 22.7 Å². The van der Waals surface area contributed by atoms with E-state index in [1.807, 2.05) is 0 Å². The third kappa shape index (κ3) is 5.43. The Balaban J connectivity index is 2.04. The molecule has 0 aliphatic carbocycles. The van der Waals surface area contributed by atoms with Gasteiger partial charge in [-0.3, -0.25) is 46.0 Å². The minimum Gasteiger partial charge on any atom is -0.298 e. The number of hydrogen-bond donors (Lipinski definition) is 3. The maximum Gasteiger partial charge on any atom is 0.277 e. The molecule has 2 aromatic rings. The van der Waals surface area contributed by atoms with E-state index in [0.717, 1.165) is 18.2 Å². The number of nitro groups is 2. The number of carbonyl (C=O) groups excluding carboxylic acids is 2. The molecule has 0 atom stereocenters. The fourth-order valence-corrected chi connectivity index (χ4v) is 2.29. The highest BCUT2D eigenvalue weighted by Gasteiger charge is 2.20. The predicted octanol–water partition coefficient (Wildman–Crippen LogP) is 2.11. The van der Waals surface area contributed by atoms with Crippen LogP contribution in [0.2, 0.25) is 5.02 Å². The van der Waals surface area contributed by atoms with Gasteiger partial charge < -0.3 is 0 Å². The second kappa shape index (κ2) is 8.83. The third-order valence-corrected chi connectivity index (χ3v) is 3.63. The monoisotopic (exact) mass is 423 g/mol. The number of thiocarbonyl (C=S) groups is 1. The molecule has 2 rings (SSSR count). The Labute approximate surface area is 166 Å². The topological polar surface area (TPSA) is 157 Å². The molecule has 0 fully saturated rings. The number of hydrogen-bond acceptors (Lipinski definition) is 7. The predicted molar refractivity (Wildman–Crippen MR) is 102 cm³/mol. The zero-order valence-corrected chi connectivity index (χ0v) is 15.2. The van der Waals surface area contributed by atoms with Crippen molar-refractivity contribution in [1.82, 2.24) is 16.2 Å². The van der Waals surface area contributed by atoms with Crippen molar-refractivity contribution in [2.24, 2.45) is 0 Å². The van der Waals surface area contributed by atoms with Crippen LogP contribution in [0.1, 0.15) is 20.7 Å². The first-order valence-electron chi connectivity index (χ1n) is 7.28. The van der Waals surface area contributed by atoms with Crippen molar-refractivity contribution in [3.05, 3.63) is 78.8 Å². The van der Waals surface area contributed by atoms with Gasteiger partial charge >= 0.3 is 0 Å². The standard InChI is InChI=1S/C15H10ClN5O6S/c16-10-3-1-2-8(4-10)14(23)18-19-15(28)17-13(22)9-5-11(20(24)25)7-12(6-9)21(26)27/h1-7H,(H,18,23)(H2,17,19,22,28). The van der Waals surface area contributed by atoms with Gasteiger partial charge in [-0.2, -0.15) is 0 Å². The zero-order chi connectivity index (χ0) is 20.8. The lowest BCUT2D eigenvalue weighted by Gasteiger charge is -2.11. The fourth-order valence-electron chi connectivity index (χ4n) is 1.96. The largest absolute Gasteiger partial charge is 0.298 e. The number of amides is 2. The molecule has 0 unspecified atom stereocenters. The molecule has 0 aromatic heterocycles. The summed E-state index contributed by atoms with van der Waals surface area (Å²) in [5.74, 6) is -1.54. The highest BCUT2D eigenvalue weighted by Crippen LogP contribution is 2.22. The normalized spacial score (nSPS) is 9.89. The molecule has 28 heavy (non-hydrogen) atoms. The minimum absolute atomic E-state index is 0.225. The highest BCUT2D eigenvalue weighted by atomic mass is 35.5. The Morgan fingerprint density at radius 2 is 1.50 bits per heavy atom. The molecule has 0 saturated heterocycles. The van der Waals surface area contributed by atoms with E-state index in [0.29, 0.717) is 5.02 Å². The molecule has 2 aromatic carbocycles.